The number of carbonyl (C=O) groups is 2. The molecule has 400 valence electrons. The summed E-state index contributed by atoms with van der Waals surface area (Å²) in [4.78, 5) is 34.5. The average Bonchev–Trinajstić information content (AvgIpc) is 4.16. The van der Waals surface area contributed by atoms with Crippen LogP contribution in [0.5, 0.6) is 28.7 Å². The number of hydrogen-bond acceptors (Lipinski definition) is 14. The van der Waals surface area contributed by atoms with Gasteiger partial charge in [0.15, 0.2) is 5.13 Å². The van der Waals surface area contributed by atoms with Crippen LogP contribution >= 0.6 is 11.3 Å². The molecule has 0 unspecified atom stereocenters. The number of aryl methyl sites for hydroxylation is 1. The van der Waals surface area contributed by atoms with Gasteiger partial charge in [0.2, 0.25) is 21.8 Å². The summed E-state index contributed by atoms with van der Waals surface area (Å²) in [6.07, 6.45) is -1.43. The maximum absolute atomic E-state index is 16.5. The molecular formula is C58H56N8O10S2. The maximum atomic E-state index is 16.5. The van der Waals surface area contributed by atoms with Crippen molar-refractivity contribution in [2.45, 2.75) is 50.5 Å². The molecule has 2 N–H and O–H groups in total. The fourth-order valence-corrected chi connectivity index (χ4v) is 11.7. The van der Waals surface area contributed by atoms with Crippen molar-refractivity contribution < 1.29 is 46.8 Å². The average molecular weight is 1090 g/mol. The van der Waals surface area contributed by atoms with E-state index in [9.17, 15) is 14.7 Å². The minimum absolute atomic E-state index is 0.0177. The van der Waals surface area contributed by atoms with Crippen LogP contribution in [-0.2, 0) is 54.0 Å². The van der Waals surface area contributed by atoms with Crippen LogP contribution in [0.3, 0.4) is 0 Å². The Balaban J connectivity index is 1.23. The quantitative estimate of drug-likeness (QED) is 0.0611. The molecule has 20 heteroatoms. The lowest BCUT2D eigenvalue weighted by molar-refractivity contribution is -0.132. The second kappa shape index (κ2) is 24.4. The first-order valence-corrected chi connectivity index (χ1v) is 26.9. The van der Waals surface area contributed by atoms with Crippen molar-refractivity contribution in [2.24, 2.45) is 0 Å². The van der Waals surface area contributed by atoms with Gasteiger partial charge in [0, 0.05) is 38.2 Å². The molecule has 0 spiro atoms. The standard InChI is InChI=1S/C58H56N8O10S2/c1-72-44-21-9-38(10-22-44)33-64(34-39-11-23-45(73-2)24-12-39)52(67)32-20-43-19-31-49(50-7-6-8-51-54(50)59-57(77-51)60-58(68)69)53(56-61-63-66(62-56)37-42-17-29-48(76-5)30-18-42)55(43)78(70,71)65(35-40-13-25-46(74-3)26-14-40)36-41-15-27-47(75-4)28-16-41/h6-19,21-31H,20,32-37H2,1-5H3,(H,59,60)(H,68,69). The largest absolute Gasteiger partial charge is 0.497 e. The van der Waals surface area contributed by atoms with Crippen molar-refractivity contribution in [3.63, 3.8) is 0 Å². The first-order valence-electron chi connectivity index (χ1n) is 24.6. The number of hydrogen-bond donors (Lipinski definition) is 2. The molecule has 78 heavy (non-hydrogen) atoms. The third-order valence-corrected chi connectivity index (χ3v) is 15.8. The van der Waals surface area contributed by atoms with Gasteiger partial charge in [-0.3, -0.25) is 10.1 Å². The molecule has 0 aliphatic rings. The third-order valence-electron chi connectivity index (χ3n) is 13.0. The lowest BCUT2D eigenvalue weighted by Gasteiger charge is -2.27. The highest BCUT2D eigenvalue weighted by Gasteiger charge is 2.35. The molecule has 7 aromatic carbocycles. The zero-order valence-corrected chi connectivity index (χ0v) is 45.1. The number of anilines is 1. The molecule has 18 nitrogen and oxygen atoms in total. The number of benzene rings is 7. The summed E-state index contributed by atoms with van der Waals surface area (Å²) < 4.78 is 62.1. The monoisotopic (exact) mass is 1090 g/mol. The van der Waals surface area contributed by atoms with Crippen LogP contribution < -0.4 is 29.0 Å². The fraction of sp³-hybridized carbons (Fsp3) is 0.207. The van der Waals surface area contributed by atoms with E-state index in [0.717, 1.165) is 28.0 Å². The number of carboxylic acid groups (broad SMARTS) is 1. The van der Waals surface area contributed by atoms with E-state index in [-0.39, 0.29) is 72.9 Å². The van der Waals surface area contributed by atoms with Crippen molar-refractivity contribution in [2.75, 3.05) is 40.9 Å². The van der Waals surface area contributed by atoms with Crippen molar-refractivity contribution in [1.29, 1.82) is 0 Å². The van der Waals surface area contributed by atoms with Gasteiger partial charge in [0.05, 0.1) is 62.8 Å². The third kappa shape index (κ3) is 12.7. The Morgan fingerprint density at radius 2 is 1.08 bits per heavy atom. The molecule has 0 aliphatic heterocycles. The van der Waals surface area contributed by atoms with Gasteiger partial charge in [-0.05, 0) is 117 Å². The van der Waals surface area contributed by atoms with Crippen LogP contribution in [0.1, 0.15) is 39.8 Å². The van der Waals surface area contributed by atoms with E-state index in [1.54, 1.807) is 95.0 Å². The highest BCUT2D eigenvalue weighted by Crippen LogP contribution is 2.43. The number of amides is 2. The van der Waals surface area contributed by atoms with E-state index in [2.05, 4.69) is 15.6 Å². The van der Waals surface area contributed by atoms with Crippen LogP contribution in [0.2, 0.25) is 0 Å². The predicted molar refractivity (Wildman–Crippen MR) is 297 cm³/mol. The predicted octanol–water partition coefficient (Wildman–Crippen LogP) is 10.4. The number of para-hydroxylation sites is 1. The second-order valence-electron chi connectivity index (χ2n) is 18.0. The summed E-state index contributed by atoms with van der Waals surface area (Å²) in [7, 11) is 3.20. The van der Waals surface area contributed by atoms with Crippen LogP contribution in [0.25, 0.3) is 32.7 Å². The van der Waals surface area contributed by atoms with Crippen molar-refractivity contribution in [1.82, 2.24) is 34.4 Å². The molecule has 0 saturated carbocycles. The Labute approximate surface area is 455 Å². The molecule has 9 rings (SSSR count). The van der Waals surface area contributed by atoms with Gasteiger partial charge in [0.1, 0.15) is 28.7 Å². The van der Waals surface area contributed by atoms with Crippen LogP contribution in [0.4, 0.5) is 9.93 Å². The molecule has 2 amide bonds. The number of fused-ring (bicyclic) bond motifs is 1. The van der Waals surface area contributed by atoms with E-state index in [1.807, 2.05) is 97.1 Å². The summed E-state index contributed by atoms with van der Waals surface area (Å²) >= 11 is 1.13. The Hall–Kier alpha value is -8.85. The fourth-order valence-electron chi connectivity index (χ4n) is 8.94. The minimum atomic E-state index is -4.69. The highest BCUT2D eigenvalue weighted by atomic mass is 32.2. The van der Waals surface area contributed by atoms with Gasteiger partial charge >= 0.3 is 6.09 Å². The first-order chi connectivity index (χ1) is 37.8. The number of nitrogens with zero attached hydrogens (tertiary/aromatic N) is 7. The lowest BCUT2D eigenvalue weighted by atomic mass is 9.94. The summed E-state index contributed by atoms with van der Waals surface area (Å²) in [5, 5.41) is 26.2. The van der Waals surface area contributed by atoms with Gasteiger partial charge in [-0.2, -0.15) is 9.10 Å². The van der Waals surface area contributed by atoms with Gasteiger partial charge in [0.25, 0.3) is 0 Å². The van der Waals surface area contributed by atoms with E-state index in [4.69, 9.17) is 33.8 Å². The SMILES string of the molecule is COc1ccc(CN(Cc2ccc(OC)cc2)C(=O)CCc2ccc(-c3cccc4sc(NC(=O)O)nc34)c(-c3nnn(Cc4ccc(OC)cc4)n3)c2S(=O)(=O)N(Cc2ccc(OC)cc2)Cc2ccc(OC)cc2)cc1. The minimum Gasteiger partial charge on any atom is -0.497 e. The molecule has 9 aromatic rings. The van der Waals surface area contributed by atoms with E-state index >= 15 is 8.42 Å². The highest BCUT2D eigenvalue weighted by molar-refractivity contribution is 7.89. The molecule has 2 aromatic heterocycles. The molecular weight excluding hydrogens is 1030 g/mol. The summed E-state index contributed by atoms with van der Waals surface area (Å²) in [6, 6.07) is 45.6. The summed E-state index contributed by atoms with van der Waals surface area (Å²) in [6.45, 7) is 0.509. The zero-order chi connectivity index (χ0) is 54.8. The number of sulfonamides is 1. The van der Waals surface area contributed by atoms with Gasteiger partial charge in [-0.25, -0.2) is 18.2 Å². The van der Waals surface area contributed by atoms with Crippen LogP contribution in [-0.4, -0.2) is 95.5 Å². The van der Waals surface area contributed by atoms with Crippen LogP contribution in [0, 0.1) is 0 Å². The topological polar surface area (TPSA) is 210 Å². The summed E-state index contributed by atoms with van der Waals surface area (Å²) in [5.74, 6) is 2.95. The molecule has 0 fully saturated rings. The van der Waals surface area contributed by atoms with Crippen molar-refractivity contribution >= 4 is 48.7 Å². The number of carbonyl (C=O) groups excluding carboxylic acids is 1. The molecule has 0 saturated heterocycles. The van der Waals surface area contributed by atoms with Gasteiger partial charge in [-0.15, -0.1) is 10.2 Å². The second-order valence-corrected chi connectivity index (χ2v) is 20.9. The number of ether oxygens (including phenoxy) is 5. The first kappa shape index (κ1) is 54.0. The van der Waals surface area contributed by atoms with Crippen LogP contribution in [0.15, 0.2) is 157 Å². The number of thiazole rings is 1. The zero-order valence-electron chi connectivity index (χ0n) is 43.5. The molecule has 0 bridgehead atoms. The Bertz CT molecular complexity index is 3530. The number of nitrogens with one attached hydrogen (secondary N) is 1. The maximum Gasteiger partial charge on any atom is 0.410 e. The lowest BCUT2D eigenvalue weighted by Crippen LogP contribution is -2.32. The summed E-state index contributed by atoms with van der Waals surface area (Å²) in [5.41, 5.74) is 5.57. The number of methoxy groups -OCH3 is 5. The van der Waals surface area contributed by atoms with Gasteiger partial charge in [-0.1, -0.05) is 96.3 Å². The Morgan fingerprint density at radius 3 is 1.55 bits per heavy atom. The smallest absolute Gasteiger partial charge is 0.410 e. The molecule has 2 heterocycles. The number of aromatic nitrogens is 5. The molecule has 0 atom stereocenters. The van der Waals surface area contributed by atoms with Crippen molar-refractivity contribution in [3.8, 4) is 51.3 Å². The van der Waals surface area contributed by atoms with Crippen molar-refractivity contribution in [3.05, 3.63) is 185 Å². The molecule has 0 aliphatic carbocycles. The molecule has 0 radical (unpaired) electrons. The Morgan fingerprint density at radius 1 is 0.603 bits per heavy atom. The normalized spacial score (nSPS) is 11.4. The van der Waals surface area contributed by atoms with Gasteiger partial charge < -0.3 is 33.7 Å². The number of rotatable bonds is 23. The van der Waals surface area contributed by atoms with E-state index in [0.29, 0.717) is 66.8 Å². The Kier molecular flexibility index (Phi) is 16.9. The van der Waals surface area contributed by atoms with E-state index < -0.39 is 16.1 Å². The number of tetrazole rings is 1. The van der Waals surface area contributed by atoms with E-state index in [1.165, 1.54) is 9.10 Å².